The predicted octanol–water partition coefficient (Wildman–Crippen LogP) is 2.68. The van der Waals surface area contributed by atoms with Gasteiger partial charge in [0, 0.05) is 18.7 Å². The first-order chi connectivity index (χ1) is 12.1. The molecule has 6 nitrogen and oxygen atoms in total. The van der Waals surface area contributed by atoms with Crippen molar-refractivity contribution >= 4 is 17.6 Å². The third-order valence-electron chi connectivity index (χ3n) is 4.70. The van der Waals surface area contributed by atoms with Gasteiger partial charge in [0.1, 0.15) is 0 Å². The summed E-state index contributed by atoms with van der Waals surface area (Å²) >= 11 is 0. The van der Waals surface area contributed by atoms with Crippen LogP contribution in [0.4, 0.5) is 5.69 Å². The van der Waals surface area contributed by atoms with Crippen molar-refractivity contribution in [2.24, 2.45) is 5.92 Å². The molecule has 0 N–H and O–H groups in total. The quantitative estimate of drug-likeness (QED) is 0.783. The first-order valence-electron chi connectivity index (χ1n) is 8.63. The summed E-state index contributed by atoms with van der Waals surface area (Å²) in [5, 5.41) is 0. The van der Waals surface area contributed by atoms with Gasteiger partial charge in [-0.1, -0.05) is 18.2 Å². The fourth-order valence-electron chi connectivity index (χ4n) is 3.17. The summed E-state index contributed by atoms with van der Waals surface area (Å²) < 4.78 is 10.7. The highest BCUT2D eigenvalue weighted by molar-refractivity contribution is 5.98. The van der Waals surface area contributed by atoms with Gasteiger partial charge < -0.3 is 14.1 Å². The maximum Gasteiger partial charge on any atom is 0.376 e. The van der Waals surface area contributed by atoms with E-state index in [0.717, 1.165) is 24.1 Å². The monoisotopic (exact) mass is 340 g/mol. The number of fused-ring (bicyclic) bond motifs is 1. The minimum absolute atomic E-state index is 0.102. The largest absolute Gasteiger partial charge is 0.450 e. The Hall–Kier alpha value is -2.63. The number of anilines is 1. The molecule has 4 rings (SSSR count). The Morgan fingerprint density at radius 1 is 1.32 bits per heavy atom. The van der Waals surface area contributed by atoms with Crippen molar-refractivity contribution < 1.29 is 18.7 Å². The number of nitrogens with zero attached hydrogens (tertiary/aromatic N) is 2. The molecule has 1 aromatic carbocycles. The molecular weight excluding hydrogens is 320 g/mol. The van der Waals surface area contributed by atoms with E-state index >= 15 is 0 Å². The number of para-hydroxylation sites is 1. The van der Waals surface area contributed by atoms with Gasteiger partial charge in [-0.15, -0.1) is 0 Å². The van der Waals surface area contributed by atoms with Crippen LogP contribution in [-0.2, 0) is 22.4 Å². The standard InChI is InChI=1S/C19H20N2O4/c1-12-18(25-16(20-12)10-13-6-7-13)19(23)24-11-17(22)21-9-8-14-4-2-3-5-15(14)21/h2-5,13H,6-11H2,1H3. The second kappa shape index (κ2) is 6.35. The molecule has 6 heteroatoms. The Balaban J connectivity index is 1.37. The zero-order valence-corrected chi connectivity index (χ0v) is 14.2. The molecule has 0 unspecified atom stereocenters. The third kappa shape index (κ3) is 3.29. The van der Waals surface area contributed by atoms with Crippen LogP contribution in [-0.4, -0.2) is 30.0 Å². The molecule has 1 aliphatic heterocycles. The molecule has 0 atom stereocenters. The van der Waals surface area contributed by atoms with Gasteiger partial charge in [0.25, 0.3) is 5.91 Å². The lowest BCUT2D eigenvalue weighted by molar-refractivity contribution is -0.121. The van der Waals surface area contributed by atoms with Crippen LogP contribution >= 0.6 is 0 Å². The van der Waals surface area contributed by atoms with Gasteiger partial charge in [-0.05, 0) is 43.7 Å². The SMILES string of the molecule is Cc1nc(CC2CC2)oc1C(=O)OCC(=O)N1CCc2ccccc21. The van der Waals surface area contributed by atoms with Gasteiger partial charge in [-0.3, -0.25) is 4.79 Å². The van der Waals surface area contributed by atoms with E-state index in [4.69, 9.17) is 9.15 Å². The van der Waals surface area contributed by atoms with Crippen LogP contribution in [0.2, 0.25) is 0 Å². The first kappa shape index (κ1) is 15.9. The van der Waals surface area contributed by atoms with E-state index in [1.165, 1.54) is 12.8 Å². The van der Waals surface area contributed by atoms with Gasteiger partial charge >= 0.3 is 5.97 Å². The Kier molecular flexibility index (Phi) is 4.03. The van der Waals surface area contributed by atoms with Gasteiger partial charge in [0.05, 0.1) is 5.69 Å². The van der Waals surface area contributed by atoms with Crippen LogP contribution in [0.15, 0.2) is 28.7 Å². The molecule has 0 spiro atoms. The van der Waals surface area contributed by atoms with Crippen LogP contribution in [0.25, 0.3) is 0 Å². The molecule has 0 radical (unpaired) electrons. The molecule has 25 heavy (non-hydrogen) atoms. The summed E-state index contributed by atoms with van der Waals surface area (Å²) in [5.74, 6) is 0.442. The van der Waals surface area contributed by atoms with E-state index in [2.05, 4.69) is 4.98 Å². The Morgan fingerprint density at radius 2 is 2.12 bits per heavy atom. The van der Waals surface area contributed by atoms with Crippen LogP contribution < -0.4 is 4.90 Å². The van der Waals surface area contributed by atoms with Crippen LogP contribution in [0, 0.1) is 12.8 Å². The number of hydrogen-bond donors (Lipinski definition) is 0. The highest BCUT2D eigenvalue weighted by Gasteiger charge is 2.28. The third-order valence-corrected chi connectivity index (χ3v) is 4.70. The number of aryl methyl sites for hydroxylation is 1. The van der Waals surface area contributed by atoms with E-state index in [1.807, 2.05) is 24.3 Å². The predicted molar refractivity (Wildman–Crippen MR) is 90.4 cm³/mol. The van der Waals surface area contributed by atoms with Gasteiger partial charge in [-0.2, -0.15) is 0 Å². The normalized spacial score (nSPS) is 16.0. The van der Waals surface area contributed by atoms with Gasteiger partial charge in [0.15, 0.2) is 12.5 Å². The van der Waals surface area contributed by atoms with Crippen molar-refractivity contribution in [3.63, 3.8) is 0 Å². The van der Waals surface area contributed by atoms with Gasteiger partial charge in [-0.25, -0.2) is 9.78 Å². The minimum atomic E-state index is -0.632. The smallest absolute Gasteiger partial charge is 0.376 e. The molecule has 1 aliphatic carbocycles. The van der Waals surface area contributed by atoms with E-state index in [-0.39, 0.29) is 18.3 Å². The van der Waals surface area contributed by atoms with Crippen LogP contribution in [0.3, 0.4) is 0 Å². The zero-order chi connectivity index (χ0) is 17.4. The van der Waals surface area contributed by atoms with E-state index in [1.54, 1.807) is 11.8 Å². The number of oxazole rings is 1. The molecule has 130 valence electrons. The molecule has 0 saturated heterocycles. The van der Waals surface area contributed by atoms with Crippen molar-refractivity contribution in [1.82, 2.24) is 4.98 Å². The van der Waals surface area contributed by atoms with Crippen molar-refractivity contribution in [2.45, 2.75) is 32.6 Å². The number of rotatable bonds is 5. The molecule has 1 aromatic heterocycles. The number of amides is 1. The summed E-state index contributed by atoms with van der Waals surface area (Å²) in [6.45, 7) is 2.03. The average molecular weight is 340 g/mol. The number of benzene rings is 1. The molecule has 0 bridgehead atoms. The topological polar surface area (TPSA) is 72.6 Å². The summed E-state index contributed by atoms with van der Waals surface area (Å²) in [6.07, 6.45) is 3.96. The zero-order valence-electron chi connectivity index (χ0n) is 14.2. The highest BCUT2D eigenvalue weighted by Crippen LogP contribution is 2.32. The number of ether oxygens (including phenoxy) is 1. The second-order valence-electron chi connectivity index (χ2n) is 6.67. The number of aromatic nitrogens is 1. The van der Waals surface area contributed by atoms with Crippen LogP contribution in [0.5, 0.6) is 0 Å². The molecule has 2 aliphatic rings. The molecule has 1 saturated carbocycles. The lowest BCUT2D eigenvalue weighted by atomic mass is 10.2. The van der Waals surface area contributed by atoms with E-state index in [9.17, 15) is 9.59 Å². The van der Waals surface area contributed by atoms with Gasteiger partial charge in [0.2, 0.25) is 5.76 Å². The lowest BCUT2D eigenvalue weighted by Gasteiger charge is -2.16. The average Bonchev–Trinajstić information content (AvgIpc) is 3.18. The van der Waals surface area contributed by atoms with E-state index < -0.39 is 5.97 Å². The van der Waals surface area contributed by atoms with Crippen molar-refractivity contribution in [2.75, 3.05) is 18.1 Å². The van der Waals surface area contributed by atoms with Crippen molar-refractivity contribution in [3.8, 4) is 0 Å². The maximum absolute atomic E-state index is 12.4. The lowest BCUT2D eigenvalue weighted by Crippen LogP contribution is -2.33. The summed E-state index contributed by atoms with van der Waals surface area (Å²) in [5.41, 5.74) is 2.55. The maximum atomic E-state index is 12.4. The molecule has 1 amide bonds. The molecular formula is C19H20N2O4. The van der Waals surface area contributed by atoms with E-state index in [0.29, 0.717) is 24.0 Å². The second-order valence-corrected chi connectivity index (χ2v) is 6.67. The van der Waals surface area contributed by atoms with Crippen LogP contribution in [0.1, 0.15) is 40.5 Å². The summed E-state index contributed by atoms with van der Waals surface area (Å²) in [6, 6.07) is 7.77. The number of esters is 1. The fourth-order valence-corrected chi connectivity index (χ4v) is 3.17. The number of carbonyl (C=O) groups is 2. The number of hydrogen-bond acceptors (Lipinski definition) is 5. The first-order valence-corrected chi connectivity index (χ1v) is 8.63. The highest BCUT2D eigenvalue weighted by atomic mass is 16.5. The fraction of sp³-hybridized carbons (Fsp3) is 0.421. The minimum Gasteiger partial charge on any atom is -0.450 e. The summed E-state index contributed by atoms with van der Waals surface area (Å²) in [7, 11) is 0. The molecule has 2 heterocycles. The molecule has 2 aromatic rings. The Labute approximate surface area is 145 Å². The summed E-state index contributed by atoms with van der Waals surface area (Å²) in [4.78, 5) is 30.6. The number of carbonyl (C=O) groups excluding carboxylic acids is 2. The van der Waals surface area contributed by atoms with Crippen molar-refractivity contribution in [3.05, 3.63) is 47.2 Å². The Bertz CT molecular complexity index is 823. The van der Waals surface area contributed by atoms with Crippen molar-refractivity contribution in [1.29, 1.82) is 0 Å². The molecule has 1 fully saturated rings. The Morgan fingerprint density at radius 3 is 2.92 bits per heavy atom.